The van der Waals surface area contributed by atoms with Crippen LogP contribution in [0.3, 0.4) is 0 Å². The summed E-state index contributed by atoms with van der Waals surface area (Å²) in [5.41, 5.74) is 4.02. The number of benzene rings is 3. The molecule has 1 atom stereocenters. The molecule has 2 heterocycles. The highest BCUT2D eigenvalue weighted by molar-refractivity contribution is 6.34. The summed E-state index contributed by atoms with van der Waals surface area (Å²) in [7, 11) is 1.54. The van der Waals surface area contributed by atoms with Crippen molar-refractivity contribution in [1.82, 2.24) is 15.6 Å². The Morgan fingerprint density at radius 1 is 1.03 bits per heavy atom. The smallest absolute Gasteiger partial charge is 0.255 e. The minimum Gasteiger partial charge on any atom is -0.486 e. The number of aromatic nitrogens is 1. The van der Waals surface area contributed by atoms with E-state index in [0.717, 1.165) is 16.5 Å². The Kier molecular flexibility index (Phi) is 7.03. The third-order valence-corrected chi connectivity index (χ3v) is 6.67. The number of halogens is 1. The molecule has 0 bridgehead atoms. The highest BCUT2D eigenvalue weighted by Crippen LogP contribution is 2.39. The van der Waals surface area contributed by atoms with Gasteiger partial charge >= 0.3 is 0 Å². The summed E-state index contributed by atoms with van der Waals surface area (Å²) in [6, 6.07) is 15.9. The quantitative estimate of drug-likeness (QED) is 0.295. The van der Waals surface area contributed by atoms with Crippen molar-refractivity contribution in [2.75, 3.05) is 26.9 Å². The largest absolute Gasteiger partial charge is 0.486 e. The molecule has 190 valence electrons. The van der Waals surface area contributed by atoms with Crippen LogP contribution in [0.15, 0.2) is 60.8 Å². The van der Waals surface area contributed by atoms with E-state index in [2.05, 4.69) is 15.6 Å². The Hall–Kier alpha value is -4.01. The Balaban J connectivity index is 1.45. The minimum atomic E-state index is -0.517. The zero-order valence-corrected chi connectivity index (χ0v) is 20.9. The number of nitrogens with one attached hydrogen (secondary N) is 3. The van der Waals surface area contributed by atoms with E-state index in [1.165, 1.54) is 7.05 Å². The van der Waals surface area contributed by atoms with Crippen LogP contribution >= 0.6 is 11.6 Å². The SMILES string of the molecule is CNC(=O)c1ccc(-c2cc3c(c(C(=O)N[C@@H](CO)Cc4c[nH]c5ccccc45)c2)OCCO3)cc1Cl. The van der Waals surface area contributed by atoms with Crippen molar-refractivity contribution < 1.29 is 24.2 Å². The molecule has 0 spiro atoms. The number of carbonyl (C=O) groups excluding carboxylic acids is 2. The molecule has 2 amide bonds. The lowest BCUT2D eigenvalue weighted by Gasteiger charge is -2.23. The van der Waals surface area contributed by atoms with Crippen LogP contribution in [0.25, 0.3) is 22.0 Å². The van der Waals surface area contributed by atoms with Crippen molar-refractivity contribution in [2.45, 2.75) is 12.5 Å². The van der Waals surface area contributed by atoms with Crippen LogP contribution in [-0.4, -0.2) is 54.8 Å². The van der Waals surface area contributed by atoms with Crippen LogP contribution in [0.1, 0.15) is 26.3 Å². The number of amides is 2. The molecule has 1 aliphatic heterocycles. The maximum Gasteiger partial charge on any atom is 0.255 e. The predicted octanol–water partition coefficient (Wildman–Crippen LogP) is 3.95. The number of hydrogen-bond donors (Lipinski definition) is 4. The number of fused-ring (bicyclic) bond motifs is 2. The average molecular weight is 520 g/mol. The van der Waals surface area contributed by atoms with E-state index in [4.69, 9.17) is 21.1 Å². The molecule has 0 aliphatic carbocycles. The highest BCUT2D eigenvalue weighted by Gasteiger charge is 2.25. The summed E-state index contributed by atoms with van der Waals surface area (Å²) in [6.45, 7) is 0.437. The number of rotatable bonds is 7. The molecule has 4 aromatic rings. The predicted molar refractivity (Wildman–Crippen MR) is 142 cm³/mol. The van der Waals surface area contributed by atoms with Crippen LogP contribution in [-0.2, 0) is 6.42 Å². The lowest BCUT2D eigenvalue weighted by molar-refractivity contribution is 0.0905. The molecule has 0 saturated carbocycles. The number of H-pyrrole nitrogens is 1. The molecule has 1 aliphatic rings. The van der Waals surface area contributed by atoms with E-state index in [0.29, 0.717) is 47.8 Å². The topological polar surface area (TPSA) is 113 Å². The lowest BCUT2D eigenvalue weighted by atomic mass is 9.99. The fraction of sp³-hybridized carbons (Fsp3) is 0.214. The Morgan fingerprint density at radius 3 is 2.62 bits per heavy atom. The molecule has 37 heavy (non-hydrogen) atoms. The summed E-state index contributed by atoms with van der Waals surface area (Å²) in [5, 5.41) is 16.9. The summed E-state index contributed by atoms with van der Waals surface area (Å²) in [5.74, 6) is 0.113. The molecule has 5 rings (SSSR count). The first-order valence-corrected chi connectivity index (χ1v) is 12.3. The maximum absolute atomic E-state index is 13.5. The van der Waals surface area contributed by atoms with Gasteiger partial charge in [0.1, 0.15) is 13.2 Å². The van der Waals surface area contributed by atoms with Crippen LogP contribution in [0.2, 0.25) is 5.02 Å². The lowest BCUT2D eigenvalue weighted by Crippen LogP contribution is -2.39. The fourth-order valence-electron chi connectivity index (χ4n) is 4.49. The number of aliphatic hydroxyl groups excluding tert-OH is 1. The zero-order chi connectivity index (χ0) is 25.9. The third kappa shape index (κ3) is 4.98. The van der Waals surface area contributed by atoms with Crippen LogP contribution < -0.4 is 20.1 Å². The molecule has 0 radical (unpaired) electrons. The first kappa shape index (κ1) is 24.7. The Bertz CT molecular complexity index is 1480. The molecule has 1 aromatic heterocycles. The summed E-state index contributed by atoms with van der Waals surface area (Å²) in [4.78, 5) is 28.7. The number of aliphatic hydroxyl groups is 1. The minimum absolute atomic E-state index is 0.235. The number of carbonyl (C=O) groups is 2. The molecule has 0 fully saturated rings. The Labute approximate surface area is 218 Å². The van der Waals surface area contributed by atoms with Gasteiger partial charge in [0.15, 0.2) is 11.5 Å². The van der Waals surface area contributed by atoms with Crippen molar-refractivity contribution in [3.63, 3.8) is 0 Å². The molecule has 9 heteroatoms. The van der Waals surface area contributed by atoms with E-state index in [9.17, 15) is 14.7 Å². The summed E-state index contributed by atoms with van der Waals surface area (Å²) >= 11 is 6.37. The molecule has 3 aromatic carbocycles. The van der Waals surface area contributed by atoms with Gasteiger partial charge in [0.25, 0.3) is 11.8 Å². The van der Waals surface area contributed by atoms with Gasteiger partial charge < -0.3 is 30.2 Å². The summed E-state index contributed by atoms with van der Waals surface area (Å²) in [6.07, 6.45) is 2.34. The van der Waals surface area contributed by atoms with E-state index < -0.39 is 11.9 Å². The normalized spacial score (nSPS) is 13.3. The standard InChI is InChI=1S/C28H26ClN3O5/c1-30-27(34)21-7-6-16(12-23(21)29)17-11-22(26-25(13-17)36-8-9-37-26)28(35)32-19(15-33)10-18-14-31-24-5-3-2-4-20(18)24/h2-7,11-14,19,31,33H,8-10,15H2,1H3,(H,30,34)(H,32,35)/t19-/m1/s1. The third-order valence-electron chi connectivity index (χ3n) is 6.36. The van der Waals surface area contributed by atoms with Crippen molar-refractivity contribution >= 4 is 34.3 Å². The van der Waals surface area contributed by atoms with E-state index in [-0.39, 0.29) is 23.1 Å². The molecule has 0 unspecified atom stereocenters. The van der Waals surface area contributed by atoms with Crippen LogP contribution in [0.5, 0.6) is 11.5 Å². The van der Waals surface area contributed by atoms with Gasteiger partial charge in [-0.1, -0.05) is 35.9 Å². The zero-order valence-electron chi connectivity index (χ0n) is 20.1. The first-order chi connectivity index (χ1) is 18.0. The highest BCUT2D eigenvalue weighted by atomic mass is 35.5. The van der Waals surface area contributed by atoms with E-state index >= 15 is 0 Å². The first-order valence-electron chi connectivity index (χ1n) is 11.9. The second kappa shape index (κ2) is 10.5. The number of aromatic amines is 1. The monoisotopic (exact) mass is 519 g/mol. The van der Waals surface area contributed by atoms with Gasteiger partial charge in [-0.15, -0.1) is 0 Å². The number of para-hydroxylation sites is 1. The Morgan fingerprint density at radius 2 is 1.84 bits per heavy atom. The van der Waals surface area contributed by atoms with Gasteiger partial charge in [-0.3, -0.25) is 9.59 Å². The molecule has 8 nitrogen and oxygen atoms in total. The average Bonchev–Trinajstić information content (AvgIpc) is 3.34. The van der Waals surface area contributed by atoms with E-state index in [1.54, 1.807) is 30.3 Å². The molecule has 0 saturated heterocycles. The van der Waals surface area contributed by atoms with Gasteiger partial charge in [-0.05, 0) is 53.4 Å². The number of ether oxygens (including phenoxy) is 2. The van der Waals surface area contributed by atoms with Gasteiger partial charge in [-0.25, -0.2) is 0 Å². The molecule has 4 N–H and O–H groups in total. The van der Waals surface area contributed by atoms with Gasteiger partial charge in [-0.2, -0.15) is 0 Å². The maximum atomic E-state index is 13.5. The second-order valence-corrected chi connectivity index (χ2v) is 9.15. The summed E-state index contributed by atoms with van der Waals surface area (Å²) < 4.78 is 11.6. The van der Waals surface area contributed by atoms with E-state index in [1.807, 2.05) is 30.5 Å². The van der Waals surface area contributed by atoms with Crippen molar-refractivity contribution in [3.8, 4) is 22.6 Å². The fourth-order valence-corrected chi connectivity index (χ4v) is 4.76. The van der Waals surface area contributed by atoms with Crippen LogP contribution in [0.4, 0.5) is 0 Å². The van der Waals surface area contributed by atoms with Crippen molar-refractivity contribution in [1.29, 1.82) is 0 Å². The van der Waals surface area contributed by atoms with Gasteiger partial charge in [0, 0.05) is 24.1 Å². The van der Waals surface area contributed by atoms with Gasteiger partial charge in [0.2, 0.25) is 0 Å². The molecular weight excluding hydrogens is 494 g/mol. The second-order valence-electron chi connectivity index (χ2n) is 8.74. The van der Waals surface area contributed by atoms with Crippen LogP contribution in [0, 0.1) is 0 Å². The van der Waals surface area contributed by atoms with Crippen molar-refractivity contribution in [3.05, 3.63) is 82.5 Å². The molecular formula is C28H26ClN3O5. The number of hydrogen-bond acceptors (Lipinski definition) is 5. The van der Waals surface area contributed by atoms with Gasteiger partial charge in [0.05, 0.1) is 28.8 Å². The van der Waals surface area contributed by atoms with Crippen molar-refractivity contribution in [2.24, 2.45) is 0 Å².